The first-order valence-corrected chi connectivity index (χ1v) is 4.01. The Balaban J connectivity index is 4.19. The van der Waals surface area contributed by atoms with Gasteiger partial charge >= 0.3 is 0 Å². The summed E-state index contributed by atoms with van der Waals surface area (Å²) in [5.41, 5.74) is 5.45. The van der Waals surface area contributed by atoms with E-state index >= 15 is 0 Å². The molecule has 0 aromatic rings. The molecule has 0 fully saturated rings. The highest BCUT2D eigenvalue weighted by Gasteiger charge is 2.23. The van der Waals surface area contributed by atoms with E-state index < -0.39 is 0 Å². The van der Waals surface area contributed by atoms with Crippen molar-refractivity contribution in [2.75, 3.05) is 13.7 Å². The second-order valence-electron chi connectivity index (χ2n) is 3.85. The van der Waals surface area contributed by atoms with Crippen LogP contribution in [0.15, 0.2) is 4.99 Å². The Hall–Kier alpha value is -0.770. The highest BCUT2D eigenvalue weighted by Crippen LogP contribution is 2.18. The van der Waals surface area contributed by atoms with Crippen LogP contribution < -0.4 is 11.1 Å². The third-order valence-corrected chi connectivity index (χ3v) is 1.79. The van der Waals surface area contributed by atoms with Gasteiger partial charge in [0, 0.05) is 7.05 Å². The van der Waals surface area contributed by atoms with E-state index in [1.807, 2.05) is 20.8 Å². The minimum atomic E-state index is -0.0544. The van der Waals surface area contributed by atoms with Gasteiger partial charge in [-0.3, -0.25) is 4.99 Å². The molecular formula is C8H19N3O. The van der Waals surface area contributed by atoms with Gasteiger partial charge < -0.3 is 16.2 Å². The minimum Gasteiger partial charge on any atom is -0.394 e. The lowest BCUT2D eigenvalue weighted by Gasteiger charge is -2.30. The lowest BCUT2D eigenvalue weighted by atomic mass is 9.87. The van der Waals surface area contributed by atoms with Crippen LogP contribution >= 0.6 is 0 Å². The van der Waals surface area contributed by atoms with Crippen molar-refractivity contribution in [3.63, 3.8) is 0 Å². The van der Waals surface area contributed by atoms with Crippen LogP contribution in [0.5, 0.6) is 0 Å². The van der Waals surface area contributed by atoms with Crippen LogP contribution in [0.3, 0.4) is 0 Å². The average molecular weight is 173 g/mol. The summed E-state index contributed by atoms with van der Waals surface area (Å²) < 4.78 is 0. The predicted octanol–water partition coefficient (Wildman–Crippen LogP) is -0.0725. The molecule has 1 unspecified atom stereocenters. The molecule has 72 valence electrons. The molecule has 1 atom stereocenters. The molecule has 0 saturated carbocycles. The van der Waals surface area contributed by atoms with Gasteiger partial charge in [0.25, 0.3) is 0 Å². The molecule has 0 spiro atoms. The Kier molecular flexibility index (Phi) is 4.03. The van der Waals surface area contributed by atoms with Gasteiger partial charge in [0.05, 0.1) is 12.6 Å². The number of nitrogens with zero attached hydrogens (tertiary/aromatic N) is 1. The zero-order valence-electron chi connectivity index (χ0n) is 8.26. The van der Waals surface area contributed by atoms with Gasteiger partial charge in [0.15, 0.2) is 5.96 Å². The number of aliphatic hydroxyl groups excluding tert-OH is 1. The molecule has 0 aromatic heterocycles. The smallest absolute Gasteiger partial charge is 0.188 e. The first kappa shape index (κ1) is 11.2. The van der Waals surface area contributed by atoms with Crippen LogP contribution in [-0.4, -0.2) is 30.8 Å². The van der Waals surface area contributed by atoms with Gasteiger partial charge in [-0.15, -0.1) is 0 Å². The number of nitrogens with one attached hydrogen (secondary N) is 1. The van der Waals surface area contributed by atoms with Crippen LogP contribution in [0, 0.1) is 5.41 Å². The highest BCUT2D eigenvalue weighted by molar-refractivity contribution is 5.78. The lowest BCUT2D eigenvalue weighted by Crippen LogP contribution is -2.49. The number of nitrogens with two attached hydrogens (primary N) is 1. The number of aliphatic hydroxyl groups is 1. The average Bonchev–Trinajstić information content (AvgIpc) is 1.97. The van der Waals surface area contributed by atoms with Crippen LogP contribution in [0.4, 0.5) is 0 Å². The SMILES string of the molecule is CN=C(N)NC(CO)C(C)(C)C. The largest absolute Gasteiger partial charge is 0.394 e. The van der Waals surface area contributed by atoms with Crippen LogP contribution in [0.2, 0.25) is 0 Å². The van der Waals surface area contributed by atoms with E-state index in [-0.39, 0.29) is 18.1 Å². The van der Waals surface area contributed by atoms with Gasteiger partial charge in [-0.25, -0.2) is 0 Å². The summed E-state index contributed by atoms with van der Waals surface area (Å²) in [6, 6.07) is -0.0544. The van der Waals surface area contributed by atoms with Crippen molar-refractivity contribution in [3.8, 4) is 0 Å². The fourth-order valence-corrected chi connectivity index (χ4v) is 0.779. The Bertz CT molecular complexity index is 160. The number of hydrogen-bond acceptors (Lipinski definition) is 2. The van der Waals surface area contributed by atoms with Crippen molar-refractivity contribution in [1.29, 1.82) is 0 Å². The second-order valence-corrected chi connectivity index (χ2v) is 3.85. The van der Waals surface area contributed by atoms with Gasteiger partial charge in [-0.05, 0) is 5.41 Å². The number of aliphatic imine (C=N–C) groups is 1. The Morgan fingerprint density at radius 1 is 1.58 bits per heavy atom. The topological polar surface area (TPSA) is 70.6 Å². The quantitative estimate of drug-likeness (QED) is 0.404. The molecule has 12 heavy (non-hydrogen) atoms. The number of rotatable bonds is 2. The fraction of sp³-hybridized carbons (Fsp3) is 0.875. The molecule has 0 saturated heterocycles. The maximum atomic E-state index is 9.03. The van der Waals surface area contributed by atoms with E-state index in [1.54, 1.807) is 7.05 Å². The fourth-order valence-electron chi connectivity index (χ4n) is 0.779. The normalized spacial score (nSPS) is 15.9. The van der Waals surface area contributed by atoms with Crippen molar-refractivity contribution in [2.24, 2.45) is 16.1 Å². The summed E-state index contributed by atoms with van der Waals surface area (Å²) in [5, 5.41) is 12.0. The van der Waals surface area contributed by atoms with Gasteiger partial charge in [-0.2, -0.15) is 0 Å². The summed E-state index contributed by atoms with van der Waals surface area (Å²) in [6.07, 6.45) is 0. The van der Waals surface area contributed by atoms with Gasteiger partial charge in [0.2, 0.25) is 0 Å². The maximum absolute atomic E-state index is 9.03. The number of hydrogen-bond donors (Lipinski definition) is 3. The summed E-state index contributed by atoms with van der Waals surface area (Å²) in [7, 11) is 1.61. The Morgan fingerprint density at radius 3 is 2.33 bits per heavy atom. The monoisotopic (exact) mass is 173 g/mol. The summed E-state index contributed by atoms with van der Waals surface area (Å²) in [5.74, 6) is 0.365. The van der Waals surface area contributed by atoms with Crippen LogP contribution in [0.1, 0.15) is 20.8 Å². The molecule has 0 aromatic carbocycles. The third kappa shape index (κ3) is 3.57. The Labute approximate surface area is 73.9 Å². The molecule has 0 aliphatic heterocycles. The van der Waals surface area contributed by atoms with Crippen LogP contribution in [0.25, 0.3) is 0 Å². The first-order valence-electron chi connectivity index (χ1n) is 4.01. The molecular weight excluding hydrogens is 154 g/mol. The van der Waals surface area contributed by atoms with E-state index in [0.29, 0.717) is 5.96 Å². The molecule has 4 N–H and O–H groups in total. The Morgan fingerprint density at radius 2 is 2.08 bits per heavy atom. The summed E-state index contributed by atoms with van der Waals surface area (Å²) in [4.78, 5) is 3.76. The summed E-state index contributed by atoms with van der Waals surface area (Å²) >= 11 is 0. The van der Waals surface area contributed by atoms with E-state index in [0.717, 1.165) is 0 Å². The van der Waals surface area contributed by atoms with Crippen molar-refractivity contribution in [2.45, 2.75) is 26.8 Å². The third-order valence-electron chi connectivity index (χ3n) is 1.79. The standard InChI is InChI=1S/C8H19N3O/c1-8(2,3)6(5-12)11-7(9)10-4/h6,12H,5H2,1-4H3,(H3,9,10,11). The summed E-state index contributed by atoms with van der Waals surface area (Å²) in [6.45, 7) is 6.15. The second kappa shape index (κ2) is 4.30. The van der Waals surface area contributed by atoms with Crippen molar-refractivity contribution in [3.05, 3.63) is 0 Å². The lowest BCUT2D eigenvalue weighted by molar-refractivity contribution is 0.174. The molecule has 0 aliphatic rings. The number of guanidine groups is 1. The van der Waals surface area contributed by atoms with Crippen LogP contribution in [-0.2, 0) is 0 Å². The van der Waals surface area contributed by atoms with E-state index in [9.17, 15) is 0 Å². The minimum absolute atomic E-state index is 0.0237. The molecule has 4 heteroatoms. The van der Waals surface area contributed by atoms with Gasteiger partial charge in [0.1, 0.15) is 0 Å². The zero-order valence-corrected chi connectivity index (χ0v) is 8.26. The molecule has 0 rings (SSSR count). The van der Waals surface area contributed by atoms with E-state index in [4.69, 9.17) is 10.8 Å². The zero-order chi connectivity index (χ0) is 9.78. The van der Waals surface area contributed by atoms with Crippen molar-refractivity contribution in [1.82, 2.24) is 5.32 Å². The maximum Gasteiger partial charge on any atom is 0.188 e. The molecule has 4 nitrogen and oxygen atoms in total. The van der Waals surface area contributed by atoms with E-state index in [2.05, 4.69) is 10.3 Å². The van der Waals surface area contributed by atoms with Gasteiger partial charge in [-0.1, -0.05) is 20.8 Å². The molecule has 0 heterocycles. The molecule has 0 aliphatic carbocycles. The predicted molar refractivity (Wildman–Crippen MR) is 51.0 cm³/mol. The first-order chi connectivity index (χ1) is 5.41. The van der Waals surface area contributed by atoms with Crippen molar-refractivity contribution >= 4 is 5.96 Å². The van der Waals surface area contributed by atoms with Crippen molar-refractivity contribution < 1.29 is 5.11 Å². The molecule has 0 radical (unpaired) electrons. The highest BCUT2D eigenvalue weighted by atomic mass is 16.3. The van der Waals surface area contributed by atoms with E-state index in [1.165, 1.54) is 0 Å². The molecule has 0 amide bonds. The molecule has 0 bridgehead atoms.